The molecule has 0 atom stereocenters. The van der Waals surface area contributed by atoms with E-state index in [-0.39, 0.29) is 0 Å². The summed E-state index contributed by atoms with van der Waals surface area (Å²) in [4.78, 5) is 7.64. The van der Waals surface area contributed by atoms with Crippen molar-refractivity contribution in [3.8, 4) is 0 Å². The second-order valence-electron chi connectivity index (χ2n) is 6.78. The molecule has 130 valence electrons. The van der Waals surface area contributed by atoms with E-state index in [0.29, 0.717) is 0 Å². The first kappa shape index (κ1) is 16.9. The van der Waals surface area contributed by atoms with Crippen LogP contribution in [0.5, 0.6) is 0 Å². The molecule has 2 heterocycles. The van der Waals surface area contributed by atoms with Gasteiger partial charge in [0.05, 0.1) is 0 Å². The van der Waals surface area contributed by atoms with Gasteiger partial charge in [-0.1, -0.05) is 41.9 Å². The number of nitrogens with zero attached hydrogens (tertiary/aromatic N) is 1. The van der Waals surface area contributed by atoms with Crippen molar-refractivity contribution in [1.82, 2.24) is 9.97 Å². The van der Waals surface area contributed by atoms with E-state index in [2.05, 4.69) is 59.5 Å². The minimum absolute atomic E-state index is 0.793. The minimum Gasteiger partial charge on any atom is -0.346 e. The van der Waals surface area contributed by atoms with Crippen molar-refractivity contribution in [2.24, 2.45) is 0 Å². The van der Waals surface area contributed by atoms with Crippen molar-refractivity contribution in [3.63, 3.8) is 0 Å². The number of hydrogen-bond donors (Lipinski definition) is 1. The Kier molecular flexibility index (Phi) is 4.77. The summed E-state index contributed by atoms with van der Waals surface area (Å²) >= 11 is 5.96. The van der Waals surface area contributed by atoms with E-state index >= 15 is 0 Å². The van der Waals surface area contributed by atoms with Gasteiger partial charge in [0, 0.05) is 22.8 Å². The van der Waals surface area contributed by atoms with E-state index < -0.39 is 0 Å². The molecule has 2 aromatic carbocycles. The zero-order chi connectivity index (χ0) is 17.9. The third-order valence-electron chi connectivity index (χ3n) is 4.94. The monoisotopic (exact) mass is 360 g/mol. The summed E-state index contributed by atoms with van der Waals surface area (Å²) in [6.45, 7) is 2.20. The van der Waals surface area contributed by atoms with E-state index in [9.17, 15) is 0 Å². The van der Waals surface area contributed by atoms with Gasteiger partial charge in [-0.15, -0.1) is 0 Å². The molecule has 1 N–H and O–H groups in total. The van der Waals surface area contributed by atoms with Gasteiger partial charge in [-0.3, -0.25) is 0 Å². The molecule has 0 aliphatic rings. The molecule has 0 aliphatic heterocycles. The number of hydrogen-bond acceptors (Lipinski definition) is 1. The summed E-state index contributed by atoms with van der Waals surface area (Å²) in [6.07, 6.45) is 6.90. The highest BCUT2D eigenvalue weighted by Crippen LogP contribution is 2.22. The predicted molar refractivity (Wildman–Crippen MR) is 109 cm³/mol. The smallest absolute Gasteiger partial charge is 0.137 e. The molecule has 2 aromatic heterocycles. The number of fused-ring (bicyclic) bond motifs is 1. The quantitative estimate of drug-likeness (QED) is 0.471. The second-order valence-corrected chi connectivity index (χ2v) is 7.21. The molecule has 0 bridgehead atoms. The number of benzene rings is 2. The number of H-pyrrole nitrogens is 1. The Labute approximate surface area is 158 Å². The topological polar surface area (TPSA) is 28.7 Å². The molecular weight excluding hydrogens is 340 g/mol. The third-order valence-corrected chi connectivity index (χ3v) is 5.19. The van der Waals surface area contributed by atoms with Gasteiger partial charge in [-0.25, -0.2) is 4.98 Å². The number of halogens is 1. The van der Waals surface area contributed by atoms with Gasteiger partial charge in [0.25, 0.3) is 0 Å². The van der Waals surface area contributed by atoms with Gasteiger partial charge in [0.1, 0.15) is 5.65 Å². The number of nitrogens with one attached hydrogen (secondary N) is 1. The molecule has 0 spiro atoms. The van der Waals surface area contributed by atoms with Gasteiger partial charge in [-0.05, 0) is 78.3 Å². The van der Waals surface area contributed by atoms with Crippen molar-refractivity contribution < 1.29 is 0 Å². The molecule has 0 saturated carbocycles. The van der Waals surface area contributed by atoms with E-state index in [0.717, 1.165) is 29.9 Å². The van der Waals surface area contributed by atoms with Gasteiger partial charge < -0.3 is 4.98 Å². The maximum absolute atomic E-state index is 5.96. The molecule has 0 amide bonds. The third kappa shape index (κ3) is 3.66. The van der Waals surface area contributed by atoms with Gasteiger partial charge in [0.2, 0.25) is 0 Å². The molecule has 4 aromatic rings. The minimum atomic E-state index is 0.793. The molecule has 0 aliphatic carbocycles. The van der Waals surface area contributed by atoms with E-state index in [1.807, 2.05) is 24.4 Å². The molecule has 0 saturated heterocycles. The Bertz CT molecular complexity index is 1030. The van der Waals surface area contributed by atoms with Crippen LogP contribution in [-0.4, -0.2) is 9.97 Å². The average Bonchev–Trinajstić information content (AvgIpc) is 3.06. The SMILES string of the molecule is Cc1cc(CCc2ccc(Cl)cc2)ccc1Cc1c[nH]c2ncccc12. The lowest BCUT2D eigenvalue weighted by atomic mass is 9.96. The first-order chi connectivity index (χ1) is 12.7. The summed E-state index contributed by atoms with van der Waals surface area (Å²) in [6, 6.07) is 19.1. The van der Waals surface area contributed by atoms with Crippen molar-refractivity contribution in [2.75, 3.05) is 0 Å². The number of aromatic nitrogens is 2. The molecule has 2 nitrogen and oxygen atoms in total. The summed E-state index contributed by atoms with van der Waals surface area (Å²) in [7, 11) is 0. The normalized spacial score (nSPS) is 11.2. The zero-order valence-corrected chi connectivity index (χ0v) is 15.6. The highest BCUT2D eigenvalue weighted by atomic mass is 35.5. The van der Waals surface area contributed by atoms with Crippen LogP contribution in [0.15, 0.2) is 67.0 Å². The van der Waals surface area contributed by atoms with Crippen LogP contribution in [0, 0.1) is 6.92 Å². The number of rotatable bonds is 5. The molecule has 0 radical (unpaired) electrons. The lowest BCUT2D eigenvalue weighted by molar-refractivity contribution is 0.954. The highest BCUT2D eigenvalue weighted by Gasteiger charge is 2.07. The number of aryl methyl sites for hydroxylation is 3. The summed E-state index contributed by atoms with van der Waals surface area (Å²) in [5.74, 6) is 0. The Morgan fingerprint density at radius 3 is 2.50 bits per heavy atom. The fourth-order valence-corrected chi connectivity index (χ4v) is 3.54. The van der Waals surface area contributed by atoms with Crippen LogP contribution in [0.3, 0.4) is 0 Å². The maximum atomic E-state index is 5.96. The van der Waals surface area contributed by atoms with Crippen LogP contribution in [0.2, 0.25) is 5.02 Å². The van der Waals surface area contributed by atoms with E-state index in [4.69, 9.17) is 11.6 Å². The predicted octanol–water partition coefficient (Wildman–Crippen LogP) is 5.90. The van der Waals surface area contributed by atoms with Gasteiger partial charge in [-0.2, -0.15) is 0 Å². The Hall–Kier alpha value is -2.58. The number of aromatic amines is 1. The van der Waals surface area contributed by atoms with E-state index in [1.54, 1.807) is 0 Å². The van der Waals surface area contributed by atoms with Crippen molar-refractivity contribution in [1.29, 1.82) is 0 Å². The Morgan fingerprint density at radius 2 is 1.69 bits per heavy atom. The lowest BCUT2D eigenvalue weighted by Crippen LogP contribution is -1.96. The largest absolute Gasteiger partial charge is 0.346 e. The van der Waals surface area contributed by atoms with Crippen LogP contribution in [-0.2, 0) is 19.3 Å². The zero-order valence-electron chi connectivity index (χ0n) is 14.8. The van der Waals surface area contributed by atoms with Crippen LogP contribution >= 0.6 is 11.6 Å². The summed E-state index contributed by atoms with van der Waals surface area (Å²) in [5, 5.41) is 2.00. The lowest BCUT2D eigenvalue weighted by Gasteiger charge is -2.09. The first-order valence-electron chi connectivity index (χ1n) is 8.93. The molecule has 26 heavy (non-hydrogen) atoms. The number of pyridine rings is 1. The van der Waals surface area contributed by atoms with E-state index in [1.165, 1.54) is 33.2 Å². The van der Waals surface area contributed by atoms with Crippen molar-refractivity contribution >= 4 is 22.6 Å². The van der Waals surface area contributed by atoms with Crippen molar-refractivity contribution in [2.45, 2.75) is 26.2 Å². The summed E-state index contributed by atoms with van der Waals surface area (Å²) in [5.41, 5.74) is 7.66. The standard InChI is InChI=1S/C23H21ClN2/c1-16-13-18(5-4-17-7-10-21(24)11-8-17)6-9-19(16)14-20-15-26-23-22(20)3-2-12-25-23/h2-3,6-13,15H,4-5,14H2,1H3,(H,25,26). The molecule has 0 fully saturated rings. The van der Waals surface area contributed by atoms with Gasteiger partial charge in [0.15, 0.2) is 0 Å². The fraction of sp³-hybridized carbons (Fsp3) is 0.174. The highest BCUT2D eigenvalue weighted by molar-refractivity contribution is 6.30. The molecule has 3 heteroatoms. The first-order valence-corrected chi connectivity index (χ1v) is 9.31. The maximum Gasteiger partial charge on any atom is 0.137 e. The molecule has 4 rings (SSSR count). The van der Waals surface area contributed by atoms with Crippen LogP contribution in [0.4, 0.5) is 0 Å². The van der Waals surface area contributed by atoms with Gasteiger partial charge >= 0.3 is 0 Å². The van der Waals surface area contributed by atoms with Crippen molar-refractivity contribution in [3.05, 3.63) is 99.8 Å². The average molecular weight is 361 g/mol. The van der Waals surface area contributed by atoms with Crippen LogP contribution in [0.25, 0.3) is 11.0 Å². The molecule has 0 unspecified atom stereocenters. The molecular formula is C23H21ClN2. The second kappa shape index (κ2) is 7.35. The Balaban J connectivity index is 1.48. The fourth-order valence-electron chi connectivity index (χ4n) is 3.42. The van der Waals surface area contributed by atoms with Crippen LogP contribution < -0.4 is 0 Å². The van der Waals surface area contributed by atoms with Crippen LogP contribution in [0.1, 0.15) is 27.8 Å². The summed E-state index contributed by atoms with van der Waals surface area (Å²) < 4.78 is 0. The Morgan fingerprint density at radius 1 is 0.923 bits per heavy atom.